The largest absolute Gasteiger partial charge is 0.481 e. The van der Waals surface area contributed by atoms with Gasteiger partial charge in [0, 0.05) is 11.0 Å². The number of carbonyl (C=O) groups is 1. The van der Waals surface area contributed by atoms with Gasteiger partial charge in [-0.3, -0.25) is 4.79 Å². The lowest BCUT2D eigenvalue weighted by Crippen LogP contribution is -2.17. The fourth-order valence-corrected chi connectivity index (χ4v) is 2.75. The predicted molar refractivity (Wildman–Crippen MR) is 95.8 cm³/mol. The molecule has 0 bridgehead atoms. The molecule has 0 radical (unpaired) electrons. The minimum atomic E-state index is -0.451. The van der Waals surface area contributed by atoms with Gasteiger partial charge in [0.2, 0.25) is 5.88 Å². The van der Waals surface area contributed by atoms with Gasteiger partial charge in [-0.05, 0) is 18.2 Å². The molecule has 0 unspecified atom stereocenters. The summed E-state index contributed by atoms with van der Waals surface area (Å²) in [5.74, 6) is 0.0717. The van der Waals surface area contributed by atoms with Gasteiger partial charge in [-0.2, -0.15) is 0 Å². The summed E-state index contributed by atoms with van der Waals surface area (Å²) in [5, 5.41) is 3.27. The average Bonchev–Trinajstić information content (AvgIpc) is 2.65. The Hall–Kier alpha value is -3.13. The van der Waals surface area contributed by atoms with Gasteiger partial charge in [-0.1, -0.05) is 30.0 Å². The van der Waals surface area contributed by atoms with E-state index in [1.807, 2.05) is 30.3 Å². The van der Waals surface area contributed by atoms with Crippen molar-refractivity contribution in [2.24, 2.45) is 0 Å². The van der Waals surface area contributed by atoms with Gasteiger partial charge >= 0.3 is 0 Å². The van der Waals surface area contributed by atoms with Gasteiger partial charge in [0.25, 0.3) is 5.91 Å². The first-order valence-corrected chi connectivity index (χ1v) is 8.14. The number of nitrogens with two attached hydrogens (primary N) is 1. The number of ether oxygens (including phenoxy) is 1. The zero-order valence-corrected chi connectivity index (χ0v) is 14.2. The van der Waals surface area contributed by atoms with Crippen molar-refractivity contribution in [3.8, 4) is 5.88 Å². The number of nitrogens with one attached hydrogen (secondary N) is 1. The van der Waals surface area contributed by atoms with Gasteiger partial charge in [0.1, 0.15) is 5.03 Å². The molecule has 0 aliphatic carbocycles. The number of hydrogen-bond acceptors (Lipinski definition) is 7. The second-order valence-electron chi connectivity index (χ2n) is 4.90. The van der Waals surface area contributed by atoms with Gasteiger partial charge in [0.15, 0.2) is 11.5 Å². The van der Waals surface area contributed by atoms with Crippen molar-refractivity contribution in [3.05, 3.63) is 60.6 Å². The van der Waals surface area contributed by atoms with E-state index in [1.165, 1.54) is 25.1 Å². The predicted octanol–water partition coefficient (Wildman–Crippen LogP) is 2.87. The van der Waals surface area contributed by atoms with Crippen LogP contribution >= 0.6 is 11.8 Å². The SMILES string of the molecule is COc1ccc(NC(=O)c2nc(Sc3ccccc3)cnc2N)cn1. The normalized spacial score (nSPS) is 10.3. The number of hydrogen-bond donors (Lipinski definition) is 2. The Balaban J connectivity index is 1.78. The lowest BCUT2D eigenvalue weighted by molar-refractivity contribution is 0.102. The summed E-state index contributed by atoms with van der Waals surface area (Å²) < 4.78 is 4.98. The van der Waals surface area contributed by atoms with Crippen molar-refractivity contribution in [1.29, 1.82) is 0 Å². The fourth-order valence-electron chi connectivity index (χ4n) is 1.97. The van der Waals surface area contributed by atoms with Crippen LogP contribution in [0.1, 0.15) is 10.5 Å². The van der Waals surface area contributed by atoms with Crippen LogP contribution in [0.25, 0.3) is 0 Å². The molecule has 126 valence electrons. The van der Waals surface area contributed by atoms with E-state index in [0.29, 0.717) is 16.6 Å². The molecule has 3 aromatic rings. The molecule has 8 heteroatoms. The molecule has 1 aromatic carbocycles. The molecule has 25 heavy (non-hydrogen) atoms. The number of benzene rings is 1. The van der Waals surface area contributed by atoms with E-state index >= 15 is 0 Å². The summed E-state index contributed by atoms with van der Waals surface area (Å²) in [5.41, 5.74) is 6.38. The Labute approximate surface area is 148 Å². The zero-order chi connectivity index (χ0) is 17.6. The topological polar surface area (TPSA) is 103 Å². The number of anilines is 2. The summed E-state index contributed by atoms with van der Waals surface area (Å²) in [6, 6.07) is 13.0. The molecule has 3 rings (SSSR count). The number of carbonyl (C=O) groups excluding carboxylic acids is 1. The molecule has 2 aromatic heterocycles. The Kier molecular flexibility index (Phi) is 5.10. The number of methoxy groups -OCH3 is 1. The van der Waals surface area contributed by atoms with Crippen LogP contribution < -0.4 is 15.8 Å². The number of pyridine rings is 1. The first-order chi connectivity index (χ1) is 12.2. The van der Waals surface area contributed by atoms with Crippen LogP contribution in [0.2, 0.25) is 0 Å². The molecular weight excluding hydrogens is 338 g/mol. The zero-order valence-electron chi connectivity index (χ0n) is 13.3. The van der Waals surface area contributed by atoms with E-state index < -0.39 is 5.91 Å². The molecular formula is C17H15N5O2S. The summed E-state index contributed by atoms with van der Waals surface area (Å²) in [6.07, 6.45) is 3.03. The highest BCUT2D eigenvalue weighted by atomic mass is 32.2. The molecule has 2 heterocycles. The maximum atomic E-state index is 12.4. The molecule has 0 saturated heterocycles. The standard InChI is InChI=1S/C17H15N5O2S/c1-24-13-8-7-11(9-19-13)21-17(23)15-16(18)20-10-14(22-15)25-12-5-3-2-4-6-12/h2-10H,1H3,(H2,18,20)(H,21,23). The van der Waals surface area contributed by atoms with Crippen LogP contribution in [0.3, 0.4) is 0 Å². The summed E-state index contributed by atoms with van der Waals surface area (Å²) in [4.78, 5) is 25.8. The molecule has 0 saturated carbocycles. The third kappa shape index (κ3) is 4.24. The molecule has 3 N–H and O–H groups in total. The monoisotopic (exact) mass is 353 g/mol. The van der Waals surface area contributed by atoms with E-state index in [4.69, 9.17) is 10.5 Å². The van der Waals surface area contributed by atoms with Crippen molar-refractivity contribution in [1.82, 2.24) is 15.0 Å². The van der Waals surface area contributed by atoms with Crippen LogP contribution in [-0.2, 0) is 0 Å². The molecule has 0 atom stereocenters. The lowest BCUT2D eigenvalue weighted by Gasteiger charge is -2.08. The first-order valence-electron chi connectivity index (χ1n) is 7.32. The number of aromatic nitrogens is 3. The number of amides is 1. The highest BCUT2D eigenvalue weighted by Gasteiger charge is 2.15. The minimum Gasteiger partial charge on any atom is -0.481 e. The van der Waals surface area contributed by atoms with E-state index in [0.717, 1.165) is 4.90 Å². The lowest BCUT2D eigenvalue weighted by atomic mass is 10.3. The van der Waals surface area contributed by atoms with Crippen molar-refractivity contribution < 1.29 is 9.53 Å². The van der Waals surface area contributed by atoms with Crippen LogP contribution in [0.4, 0.5) is 11.5 Å². The van der Waals surface area contributed by atoms with E-state index in [-0.39, 0.29) is 11.5 Å². The van der Waals surface area contributed by atoms with E-state index in [1.54, 1.807) is 18.3 Å². The van der Waals surface area contributed by atoms with E-state index in [9.17, 15) is 4.79 Å². The summed E-state index contributed by atoms with van der Waals surface area (Å²) in [7, 11) is 1.52. The Morgan fingerprint density at radius 2 is 1.92 bits per heavy atom. The average molecular weight is 353 g/mol. The quantitative estimate of drug-likeness (QED) is 0.727. The van der Waals surface area contributed by atoms with Crippen LogP contribution in [0.15, 0.2) is 64.8 Å². The second kappa shape index (κ2) is 7.63. The maximum Gasteiger partial charge on any atom is 0.278 e. The molecule has 0 aliphatic rings. The third-order valence-corrected chi connectivity index (χ3v) is 4.08. The number of nitrogens with zero attached hydrogens (tertiary/aromatic N) is 3. The first kappa shape index (κ1) is 16.7. The van der Waals surface area contributed by atoms with Crippen LogP contribution in [-0.4, -0.2) is 28.0 Å². The smallest absolute Gasteiger partial charge is 0.278 e. The highest BCUT2D eigenvalue weighted by molar-refractivity contribution is 7.99. The number of rotatable bonds is 5. The van der Waals surface area contributed by atoms with Crippen LogP contribution in [0.5, 0.6) is 5.88 Å². The Bertz CT molecular complexity index is 872. The summed E-state index contributed by atoms with van der Waals surface area (Å²) >= 11 is 1.40. The Morgan fingerprint density at radius 3 is 2.60 bits per heavy atom. The molecule has 7 nitrogen and oxygen atoms in total. The second-order valence-corrected chi connectivity index (χ2v) is 5.99. The van der Waals surface area contributed by atoms with Gasteiger partial charge in [-0.15, -0.1) is 0 Å². The minimum absolute atomic E-state index is 0.0661. The van der Waals surface area contributed by atoms with Crippen molar-refractivity contribution in [3.63, 3.8) is 0 Å². The van der Waals surface area contributed by atoms with Gasteiger partial charge < -0.3 is 15.8 Å². The molecule has 0 aliphatic heterocycles. The van der Waals surface area contributed by atoms with Gasteiger partial charge in [-0.25, -0.2) is 15.0 Å². The summed E-state index contributed by atoms with van der Waals surface area (Å²) in [6.45, 7) is 0. The van der Waals surface area contributed by atoms with Gasteiger partial charge in [0.05, 0.1) is 25.2 Å². The number of nitrogen functional groups attached to an aromatic ring is 1. The molecule has 0 spiro atoms. The highest BCUT2D eigenvalue weighted by Crippen LogP contribution is 2.26. The third-order valence-electron chi connectivity index (χ3n) is 3.16. The maximum absolute atomic E-state index is 12.4. The Morgan fingerprint density at radius 1 is 1.12 bits per heavy atom. The van der Waals surface area contributed by atoms with E-state index in [2.05, 4.69) is 20.3 Å². The molecule has 0 fully saturated rings. The van der Waals surface area contributed by atoms with Crippen molar-refractivity contribution >= 4 is 29.2 Å². The van der Waals surface area contributed by atoms with Crippen molar-refractivity contribution in [2.75, 3.05) is 18.2 Å². The van der Waals surface area contributed by atoms with Crippen molar-refractivity contribution in [2.45, 2.75) is 9.92 Å². The fraction of sp³-hybridized carbons (Fsp3) is 0.0588. The van der Waals surface area contributed by atoms with Crippen LogP contribution in [0, 0.1) is 0 Å². The molecule has 1 amide bonds.